The van der Waals surface area contributed by atoms with Gasteiger partial charge in [-0.15, -0.1) is 0 Å². The average molecular weight is 296 g/mol. The molecule has 0 heterocycles. The van der Waals surface area contributed by atoms with Crippen molar-refractivity contribution in [1.29, 1.82) is 0 Å². The summed E-state index contributed by atoms with van der Waals surface area (Å²) >= 11 is 0. The first-order chi connectivity index (χ1) is 10.1. The number of benzene rings is 1. The molecule has 0 fully saturated rings. The van der Waals surface area contributed by atoms with Crippen molar-refractivity contribution in [2.24, 2.45) is 0 Å². The van der Waals surface area contributed by atoms with E-state index in [1.807, 2.05) is 13.8 Å². The molecule has 6 nitrogen and oxygen atoms in total. The van der Waals surface area contributed by atoms with E-state index in [0.717, 1.165) is 0 Å². The summed E-state index contributed by atoms with van der Waals surface area (Å²) in [6.45, 7) is 5.23. The molecule has 6 heteroatoms. The SMILES string of the molecule is CCN(CC)C(=O)NCC(O)c1ccc(OC)c(OC)c1. The molecule has 21 heavy (non-hydrogen) atoms. The van der Waals surface area contributed by atoms with Gasteiger partial charge in [-0.25, -0.2) is 4.79 Å². The van der Waals surface area contributed by atoms with Crippen molar-refractivity contribution in [2.45, 2.75) is 20.0 Å². The van der Waals surface area contributed by atoms with Crippen molar-refractivity contribution in [3.63, 3.8) is 0 Å². The summed E-state index contributed by atoms with van der Waals surface area (Å²) in [4.78, 5) is 13.5. The van der Waals surface area contributed by atoms with Gasteiger partial charge in [0.15, 0.2) is 11.5 Å². The van der Waals surface area contributed by atoms with E-state index >= 15 is 0 Å². The zero-order valence-electron chi connectivity index (χ0n) is 13.0. The molecule has 0 spiro atoms. The van der Waals surface area contributed by atoms with E-state index in [1.54, 1.807) is 30.2 Å². The summed E-state index contributed by atoms with van der Waals surface area (Å²) in [6, 6.07) is 4.99. The van der Waals surface area contributed by atoms with Gasteiger partial charge in [-0.3, -0.25) is 0 Å². The summed E-state index contributed by atoms with van der Waals surface area (Å²) in [5.41, 5.74) is 0.660. The fourth-order valence-corrected chi connectivity index (χ4v) is 1.98. The molecule has 0 radical (unpaired) electrons. The Morgan fingerprint density at radius 1 is 1.24 bits per heavy atom. The van der Waals surface area contributed by atoms with Gasteiger partial charge in [-0.2, -0.15) is 0 Å². The standard InChI is InChI=1S/C15H24N2O4/c1-5-17(6-2)15(19)16-10-12(18)11-7-8-13(20-3)14(9-11)21-4/h7-9,12,18H,5-6,10H2,1-4H3,(H,16,19). The van der Waals surface area contributed by atoms with E-state index in [2.05, 4.69) is 5.32 Å². The van der Waals surface area contributed by atoms with E-state index in [1.165, 1.54) is 7.11 Å². The highest BCUT2D eigenvalue weighted by molar-refractivity contribution is 5.74. The van der Waals surface area contributed by atoms with E-state index in [0.29, 0.717) is 30.2 Å². The Morgan fingerprint density at radius 3 is 2.38 bits per heavy atom. The maximum Gasteiger partial charge on any atom is 0.317 e. The zero-order chi connectivity index (χ0) is 15.8. The quantitative estimate of drug-likeness (QED) is 0.804. The molecule has 118 valence electrons. The highest BCUT2D eigenvalue weighted by atomic mass is 16.5. The minimum absolute atomic E-state index is 0.144. The molecular weight excluding hydrogens is 272 g/mol. The fraction of sp³-hybridized carbons (Fsp3) is 0.533. The number of carbonyl (C=O) groups is 1. The molecule has 0 bridgehead atoms. The van der Waals surface area contributed by atoms with E-state index in [4.69, 9.17) is 9.47 Å². The number of methoxy groups -OCH3 is 2. The van der Waals surface area contributed by atoms with Gasteiger partial charge in [0, 0.05) is 19.6 Å². The second-order valence-corrected chi connectivity index (χ2v) is 4.49. The number of aliphatic hydroxyl groups is 1. The van der Waals surface area contributed by atoms with Crippen LogP contribution < -0.4 is 14.8 Å². The minimum atomic E-state index is -0.802. The number of aliphatic hydroxyl groups excluding tert-OH is 1. The number of ether oxygens (including phenoxy) is 2. The van der Waals surface area contributed by atoms with Crippen LogP contribution in [0.2, 0.25) is 0 Å². The van der Waals surface area contributed by atoms with Gasteiger partial charge in [0.1, 0.15) is 0 Å². The van der Waals surface area contributed by atoms with Crippen LogP contribution in [0.4, 0.5) is 4.79 Å². The number of urea groups is 1. The number of carbonyl (C=O) groups excluding carboxylic acids is 1. The molecule has 1 atom stereocenters. The van der Waals surface area contributed by atoms with Crippen molar-refractivity contribution >= 4 is 6.03 Å². The van der Waals surface area contributed by atoms with Crippen LogP contribution in [-0.4, -0.2) is 49.9 Å². The smallest absolute Gasteiger partial charge is 0.317 e. The lowest BCUT2D eigenvalue weighted by molar-refractivity contribution is 0.163. The molecule has 0 aliphatic heterocycles. The molecule has 2 N–H and O–H groups in total. The number of nitrogens with zero attached hydrogens (tertiary/aromatic N) is 1. The predicted molar refractivity (Wildman–Crippen MR) is 80.8 cm³/mol. The Balaban J connectivity index is 2.67. The second-order valence-electron chi connectivity index (χ2n) is 4.49. The molecule has 0 saturated carbocycles. The Hall–Kier alpha value is -1.95. The van der Waals surface area contributed by atoms with Crippen molar-refractivity contribution < 1.29 is 19.4 Å². The molecule has 2 amide bonds. The van der Waals surface area contributed by atoms with Gasteiger partial charge in [0.25, 0.3) is 0 Å². The van der Waals surface area contributed by atoms with Crippen LogP contribution in [0.5, 0.6) is 11.5 Å². The van der Waals surface area contributed by atoms with Gasteiger partial charge in [-0.05, 0) is 31.5 Å². The maximum absolute atomic E-state index is 11.8. The van der Waals surface area contributed by atoms with Gasteiger partial charge >= 0.3 is 6.03 Å². The normalized spacial score (nSPS) is 11.7. The second kappa shape index (κ2) is 8.36. The summed E-state index contributed by atoms with van der Waals surface area (Å²) < 4.78 is 10.3. The molecule has 0 aliphatic carbocycles. The van der Waals surface area contributed by atoms with Crippen molar-refractivity contribution in [3.05, 3.63) is 23.8 Å². The van der Waals surface area contributed by atoms with E-state index < -0.39 is 6.10 Å². The Labute approximate surface area is 125 Å². The molecule has 1 rings (SSSR count). The van der Waals surface area contributed by atoms with Gasteiger partial charge in [0.2, 0.25) is 0 Å². The Bertz CT molecular complexity index is 461. The minimum Gasteiger partial charge on any atom is -0.493 e. The maximum atomic E-state index is 11.8. The first-order valence-electron chi connectivity index (χ1n) is 7.00. The lowest BCUT2D eigenvalue weighted by Crippen LogP contribution is -2.41. The fourth-order valence-electron chi connectivity index (χ4n) is 1.98. The van der Waals surface area contributed by atoms with Crippen LogP contribution in [0.15, 0.2) is 18.2 Å². The highest BCUT2D eigenvalue weighted by Crippen LogP contribution is 2.29. The third-order valence-electron chi connectivity index (χ3n) is 3.29. The molecule has 1 aromatic rings. The monoisotopic (exact) mass is 296 g/mol. The van der Waals surface area contributed by atoms with E-state index in [9.17, 15) is 9.90 Å². The van der Waals surface area contributed by atoms with Gasteiger partial charge in [-0.1, -0.05) is 6.07 Å². The van der Waals surface area contributed by atoms with Crippen molar-refractivity contribution in [3.8, 4) is 11.5 Å². The zero-order valence-corrected chi connectivity index (χ0v) is 13.0. The van der Waals surface area contributed by atoms with Crippen LogP contribution in [-0.2, 0) is 0 Å². The van der Waals surface area contributed by atoms with Gasteiger partial charge in [0.05, 0.1) is 20.3 Å². The average Bonchev–Trinajstić information content (AvgIpc) is 2.52. The Morgan fingerprint density at radius 2 is 1.86 bits per heavy atom. The lowest BCUT2D eigenvalue weighted by atomic mass is 10.1. The number of amides is 2. The number of hydrogen-bond donors (Lipinski definition) is 2. The van der Waals surface area contributed by atoms with Crippen LogP contribution >= 0.6 is 0 Å². The topological polar surface area (TPSA) is 71.0 Å². The molecule has 1 unspecified atom stereocenters. The van der Waals surface area contributed by atoms with Crippen LogP contribution in [0.25, 0.3) is 0 Å². The third kappa shape index (κ3) is 4.53. The third-order valence-corrected chi connectivity index (χ3v) is 3.29. The molecule has 0 aliphatic rings. The lowest BCUT2D eigenvalue weighted by Gasteiger charge is -2.21. The van der Waals surface area contributed by atoms with Crippen LogP contribution in [0.1, 0.15) is 25.5 Å². The summed E-state index contributed by atoms with van der Waals surface area (Å²) in [6.07, 6.45) is -0.802. The molecule has 0 saturated heterocycles. The van der Waals surface area contributed by atoms with Crippen LogP contribution in [0, 0.1) is 0 Å². The molecular formula is C15H24N2O4. The van der Waals surface area contributed by atoms with Crippen molar-refractivity contribution in [2.75, 3.05) is 33.9 Å². The first kappa shape index (κ1) is 17.1. The predicted octanol–water partition coefficient (Wildman–Crippen LogP) is 1.79. The Kier molecular flexibility index (Phi) is 6.81. The first-order valence-corrected chi connectivity index (χ1v) is 7.00. The molecule has 0 aromatic heterocycles. The summed E-state index contributed by atoms with van der Waals surface area (Å²) in [5.74, 6) is 1.14. The highest BCUT2D eigenvalue weighted by Gasteiger charge is 2.14. The van der Waals surface area contributed by atoms with E-state index in [-0.39, 0.29) is 12.6 Å². The largest absolute Gasteiger partial charge is 0.493 e. The molecule has 1 aromatic carbocycles. The number of nitrogens with one attached hydrogen (secondary N) is 1. The van der Waals surface area contributed by atoms with Gasteiger partial charge < -0.3 is 24.8 Å². The number of rotatable bonds is 7. The number of hydrogen-bond acceptors (Lipinski definition) is 4. The summed E-state index contributed by atoms with van der Waals surface area (Å²) in [7, 11) is 3.09. The summed E-state index contributed by atoms with van der Waals surface area (Å²) in [5, 5.41) is 12.9. The van der Waals surface area contributed by atoms with Crippen molar-refractivity contribution in [1.82, 2.24) is 10.2 Å². The van der Waals surface area contributed by atoms with Crippen LogP contribution in [0.3, 0.4) is 0 Å².